The monoisotopic (exact) mass is 377 g/mol. The van der Waals surface area contributed by atoms with Gasteiger partial charge < -0.3 is 5.11 Å². The van der Waals surface area contributed by atoms with E-state index in [0.717, 1.165) is 4.47 Å². The molecule has 3 rings (SSSR count). The number of halogens is 2. The van der Waals surface area contributed by atoms with Gasteiger partial charge in [0.05, 0.1) is 5.69 Å². The molecule has 0 aliphatic carbocycles. The maximum atomic E-state index is 11.4. The first-order valence-electron chi connectivity index (χ1n) is 6.27. The minimum Gasteiger partial charge on any atom is -0.476 e. The quantitative estimate of drug-likeness (QED) is 0.746. The third-order valence-electron chi connectivity index (χ3n) is 3.04. The van der Waals surface area contributed by atoms with Gasteiger partial charge in [-0.2, -0.15) is 0 Å². The lowest BCUT2D eigenvalue weighted by atomic mass is 10.1. The summed E-state index contributed by atoms with van der Waals surface area (Å²) in [6.07, 6.45) is 0. The lowest BCUT2D eigenvalue weighted by Crippen LogP contribution is -2.03. The van der Waals surface area contributed by atoms with Crippen LogP contribution in [0.15, 0.2) is 53.0 Å². The van der Waals surface area contributed by atoms with Crippen LogP contribution in [0.1, 0.15) is 10.5 Å². The highest BCUT2D eigenvalue weighted by molar-refractivity contribution is 9.10. The van der Waals surface area contributed by atoms with Crippen molar-refractivity contribution in [1.82, 2.24) is 15.0 Å². The first kappa shape index (κ1) is 14.7. The van der Waals surface area contributed by atoms with Gasteiger partial charge in [0.2, 0.25) is 0 Å². The summed E-state index contributed by atoms with van der Waals surface area (Å²) < 4.78 is 2.36. The molecule has 5 nitrogen and oxygen atoms in total. The Hall–Kier alpha value is -2.18. The number of nitrogens with zero attached hydrogens (tertiary/aromatic N) is 3. The molecule has 1 N–H and O–H groups in total. The topological polar surface area (TPSA) is 68.0 Å². The van der Waals surface area contributed by atoms with Crippen LogP contribution in [-0.4, -0.2) is 26.1 Å². The molecule has 0 fully saturated rings. The van der Waals surface area contributed by atoms with E-state index in [1.165, 1.54) is 4.68 Å². The highest BCUT2D eigenvalue weighted by Gasteiger charge is 2.21. The second kappa shape index (κ2) is 5.90. The number of aromatic carboxylic acids is 1. The number of hydrogen-bond donors (Lipinski definition) is 1. The molecule has 0 atom stereocenters. The molecule has 3 aromatic rings. The Bertz CT molecular complexity index is 846. The Morgan fingerprint density at radius 2 is 1.91 bits per heavy atom. The average molecular weight is 379 g/mol. The third kappa shape index (κ3) is 2.75. The molecular weight excluding hydrogens is 370 g/mol. The van der Waals surface area contributed by atoms with E-state index in [4.69, 9.17) is 11.6 Å². The molecule has 1 heterocycles. The van der Waals surface area contributed by atoms with Crippen LogP contribution in [0, 0.1) is 0 Å². The molecule has 0 unspecified atom stereocenters. The van der Waals surface area contributed by atoms with E-state index < -0.39 is 5.97 Å². The van der Waals surface area contributed by atoms with Gasteiger partial charge in [-0.3, -0.25) is 0 Å². The van der Waals surface area contributed by atoms with Crippen molar-refractivity contribution in [3.8, 4) is 16.9 Å². The largest absolute Gasteiger partial charge is 0.476 e. The Kier molecular flexibility index (Phi) is 3.96. The molecule has 0 spiro atoms. The van der Waals surface area contributed by atoms with Gasteiger partial charge in [0, 0.05) is 15.1 Å². The Morgan fingerprint density at radius 3 is 2.55 bits per heavy atom. The minimum atomic E-state index is -1.13. The Labute approximate surface area is 139 Å². The highest BCUT2D eigenvalue weighted by atomic mass is 79.9. The van der Waals surface area contributed by atoms with Crippen molar-refractivity contribution in [2.24, 2.45) is 0 Å². The van der Waals surface area contributed by atoms with Crippen molar-refractivity contribution in [2.45, 2.75) is 0 Å². The molecule has 0 amide bonds. The van der Waals surface area contributed by atoms with Crippen molar-refractivity contribution in [3.63, 3.8) is 0 Å². The fourth-order valence-corrected chi connectivity index (χ4v) is 2.59. The van der Waals surface area contributed by atoms with E-state index in [9.17, 15) is 9.90 Å². The second-order valence-electron chi connectivity index (χ2n) is 4.49. The van der Waals surface area contributed by atoms with Crippen molar-refractivity contribution in [2.75, 3.05) is 0 Å². The van der Waals surface area contributed by atoms with Crippen molar-refractivity contribution in [3.05, 3.63) is 63.7 Å². The van der Waals surface area contributed by atoms with E-state index >= 15 is 0 Å². The molecule has 110 valence electrons. The van der Waals surface area contributed by atoms with Gasteiger partial charge in [-0.05, 0) is 30.3 Å². The van der Waals surface area contributed by atoms with Crippen LogP contribution in [0.2, 0.25) is 5.02 Å². The number of hydrogen-bond acceptors (Lipinski definition) is 3. The van der Waals surface area contributed by atoms with E-state index in [1.807, 2.05) is 24.3 Å². The molecule has 0 aliphatic heterocycles. The lowest BCUT2D eigenvalue weighted by Gasteiger charge is -2.08. The SMILES string of the molecule is O=C(O)c1nnn(-c2cccc(Br)c2)c1-c1ccc(Cl)cc1. The zero-order valence-electron chi connectivity index (χ0n) is 11.1. The van der Waals surface area contributed by atoms with Crippen LogP contribution in [-0.2, 0) is 0 Å². The number of benzene rings is 2. The van der Waals surface area contributed by atoms with E-state index in [2.05, 4.69) is 26.2 Å². The van der Waals surface area contributed by atoms with Crippen LogP contribution >= 0.6 is 27.5 Å². The zero-order valence-corrected chi connectivity index (χ0v) is 13.4. The predicted octanol–water partition coefficient (Wildman–Crippen LogP) is 4.05. The van der Waals surface area contributed by atoms with Crippen LogP contribution in [0.3, 0.4) is 0 Å². The Balaban J connectivity index is 2.24. The molecule has 0 radical (unpaired) electrons. The average Bonchev–Trinajstić information content (AvgIpc) is 2.93. The number of rotatable bonds is 3. The van der Waals surface area contributed by atoms with Gasteiger partial charge >= 0.3 is 5.97 Å². The number of aromatic nitrogens is 3. The Morgan fingerprint density at radius 1 is 1.18 bits per heavy atom. The molecule has 0 bridgehead atoms. The molecule has 22 heavy (non-hydrogen) atoms. The van der Waals surface area contributed by atoms with Crippen molar-refractivity contribution >= 4 is 33.5 Å². The summed E-state index contributed by atoms with van der Waals surface area (Å²) in [6.45, 7) is 0. The van der Waals surface area contributed by atoms with Gasteiger partial charge in [-0.1, -0.05) is 50.9 Å². The third-order valence-corrected chi connectivity index (χ3v) is 3.79. The summed E-state index contributed by atoms with van der Waals surface area (Å²) in [6, 6.07) is 14.2. The molecule has 0 aliphatic rings. The fraction of sp³-hybridized carbons (Fsp3) is 0. The fourth-order valence-electron chi connectivity index (χ4n) is 2.08. The maximum absolute atomic E-state index is 11.4. The summed E-state index contributed by atoms with van der Waals surface area (Å²) in [5.74, 6) is -1.13. The van der Waals surface area contributed by atoms with Gasteiger partial charge in [0.1, 0.15) is 5.69 Å². The van der Waals surface area contributed by atoms with E-state index in [-0.39, 0.29) is 5.69 Å². The smallest absolute Gasteiger partial charge is 0.358 e. The summed E-state index contributed by atoms with van der Waals surface area (Å²) in [4.78, 5) is 11.4. The summed E-state index contributed by atoms with van der Waals surface area (Å²) in [5.41, 5.74) is 1.68. The number of carboxylic acid groups (broad SMARTS) is 1. The van der Waals surface area contributed by atoms with Gasteiger partial charge in [0.25, 0.3) is 0 Å². The standard InChI is InChI=1S/C15H9BrClN3O2/c16-10-2-1-3-12(8-10)20-14(13(15(21)22)18-19-20)9-4-6-11(17)7-5-9/h1-8H,(H,21,22). The first-order valence-corrected chi connectivity index (χ1v) is 7.44. The van der Waals surface area contributed by atoms with Crippen LogP contribution in [0.25, 0.3) is 16.9 Å². The minimum absolute atomic E-state index is 0.109. The van der Waals surface area contributed by atoms with Gasteiger partial charge in [-0.15, -0.1) is 5.10 Å². The zero-order chi connectivity index (χ0) is 15.7. The van der Waals surface area contributed by atoms with Crippen LogP contribution < -0.4 is 0 Å². The summed E-state index contributed by atoms with van der Waals surface area (Å²) in [7, 11) is 0. The lowest BCUT2D eigenvalue weighted by molar-refractivity contribution is 0.0691. The van der Waals surface area contributed by atoms with Gasteiger partial charge in [-0.25, -0.2) is 9.48 Å². The van der Waals surface area contributed by atoms with Crippen molar-refractivity contribution < 1.29 is 9.90 Å². The summed E-state index contributed by atoms with van der Waals surface area (Å²) in [5, 5.41) is 17.7. The first-order chi connectivity index (χ1) is 10.6. The van der Waals surface area contributed by atoms with Gasteiger partial charge in [0.15, 0.2) is 5.69 Å². The molecule has 2 aromatic carbocycles. The maximum Gasteiger partial charge on any atom is 0.358 e. The molecule has 0 saturated heterocycles. The van der Waals surface area contributed by atoms with E-state index in [0.29, 0.717) is 22.0 Å². The molecular formula is C15H9BrClN3O2. The van der Waals surface area contributed by atoms with Crippen LogP contribution in [0.4, 0.5) is 0 Å². The van der Waals surface area contributed by atoms with Crippen LogP contribution in [0.5, 0.6) is 0 Å². The normalized spacial score (nSPS) is 10.6. The molecule has 1 aromatic heterocycles. The highest BCUT2D eigenvalue weighted by Crippen LogP contribution is 2.27. The number of carbonyl (C=O) groups is 1. The predicted molar refractivity (Wildman–Crippen MR) is 86.5 cm³/mol. The van der Waals surface area contributed by atoms with E-state index in [1.54, 1.807) is 24.3 Å². The number of carboxylic acids is 1. The second-order valence-corrected chi connectivity index (χ2v) is 5.84. The summed E-state index contributed by atoms with van der Waals surface area (Å²) >= 11 is 9.28. The van der Waals surface area contributed by atoms with Crippen molar-refractivity contribution in [1.29, 1.82) is 0 Å². The molecule has 7 heteroatoms. The molecule has 0 saturated carbocycles.